The number of hydrogen-bond donors (Lipinski definition) is 8. The number of thioether (sulfide) groups is 2. The second kappa shape index (κ2) is 39.5. The Morgan fingerprint density at radius 2 is 0.983 bits per heavy atom. The number of phosphoric acid groups is 2. The Morgan fingerprint density at radius 1 is 0.573 bits per heavy atom. The molecule has 8 heterocycles. The summed E-state index contributed by atoms with van der Waals surface area (Å²) < 4.78 is 71.7. The molecule has 4 saturated heterocycles. The van der Waals surface area contributed by atoms with E-state index in [1.807, 2.05) is 133 Å². The first-order valence-electron chi connectivity index (χ1n) is 38.6. The molecule has 10 unspecified atom stereocenters. The number of hydrogen-bond acceptors (Lipinski definition) is 23. The zero-order valence-corrected chi connectivity index (χ0v) is 69.6. The Bertz CT molecular complexity index is 4920. The number of benzene rings is 4. The maximum absolute atomic E-state index is 14.1. The molecule has 117 heavy (non-hydrogen) atoms. The number of para-hydroxylation sites is 4. The molecule has 4 aromatic carbocycles. The van der Waals surface area contributed by atoms with Gasteiger partial charge in [-0.15, -0.1) is 0 Å². The number of rotatable bonds is 36. The number of anilines is 2. The summed E-state index contributed by atoms with van der Waals surface area (Å²) in [6, 6.07) is 34.6. The van der Waals surface area contributed by atoms with Gasteiger partial charge >= 0.3 is 27.7 Å². The van der Waals surface area contributed by atoms with Crippen LogP contribution in [0.4, 0.5) is 21.0 Å². The van der Waals surface area contributed by atoms with E-state index in [0.717, 1.165) is 75.1 Å². The number of carbonyl (C=O) groups is 8. The van der Waals surface area contributed by atoms with Crippen LogP contribution in [0.2, 0.25) is 0 Å². The number of phosphoric ester groups is 2. The number of urea groups is 2. The van der Waals surface area contributed by atoms with Gasteiger partial charge in [-0.25, -0.2) is 27.9 Å². The first-order chi connectivity index (χ1) is 56.0. The van der Waals surface area contributed by atoms with Crippen molar-refractivity contribution < 1.29 is 98.7 Å². The van der Waals surface area contributed by atoms with Crippen LogP contribution in [0.15, 0.2) is 166 Å². The maximum Gasteiger partial charge on any atom is 0.472 e. The number of nitrogens with one attached hydrogen (secondary N) is 6. The molecular weight excluding hydrogens is 1590 g/mol. The van der Waals surface area contributed by atoms with Crippen molar-refractivity contribution in [1.29, 1.82) is 0 Å². The van der Waals surface area contributed by atoms with E-state index >= 15 is 0 Å². The van der Waals surface area contributed by atoms with Gasteiger partial charge in [-0.2, -0.15) is 0 Å². The van der Waals surface area contributed by atoms with E-state index in [1.165, 1.54) is 37.0 Å². The highest BCUT2D eigenvalue weighted by Gasteiger charge is 2.50. The number of imide groups is 2. The van der Waals surface area contributed by atoms with Gasteiger partial charge in [-0.3, -0.25) is 67.3 Å². The van der Waals surface area contributed by atoms with Crippen LogP contribution in [0.5, 0.6) is 0 Å². The average molecular weight is 1690 g/mol. The molecule has 37 heteroatoms. The van der Waals surface area contributed by atoms with Gasteiger partial charge in [0.2, 0.25) is 46.5 Å². The molecule has 0 spiro atoms. The van der Waals surface area contributed by atoms with Crippen molar-refractivity contribution in [3.63, 3.8) is 0 Å². The van der Waals surface area contributed by atoms with Crippen molar-refractivity contribution in [3.8, 4) is 0 Å². The first-order valence-corrected chi connectivity index (χ1v) is 43.2. The van der Waals surface area contributed by atoms with Crippen LogP contribution >= 0.6 is 39.2 Å². The molecule has 0 saturated carbocycles. The second-order valence-corrected chi connectivity index (χ2v) is 34.5. The number of ether oxygens (including phenoxy) is 3. The van der Waals surface area contributed by atoms with E-state index in [4.69, 9.17) is 32.3 Å². The Kier molecular flexibility index (Phi) is 29.4. The molecule has 10 amide bonds. The molecule has 12 rings (SSSR count). The zero-order valence-electron chi connectivity index (χ0n) is 66.2. The smallest absolute Gasteiger partial charge is 0.376 e. The highest BCUT2D eigenvalue weighted by molar-refractivity contribution is 8.04. The molecule has 6 aromatic rings. The van der Waals surface area contributed by atoms with Gasteiger partial charge in [0, 0.05) is 112 Å². The van der Waals surface area contributed by atoms with Crippen molar-refractivity contribution in [2.24, 2.45) is 25.9 Å². The maximum atomic E-state index is 14.1. The molecule has 8 N–H and O–H groups in total. The van der Waals surface area contributed by atoms with E-state index in [0.29, 0.717) is 39.3 Å². The quantitative estimate of drug-likeness (QED) is 0.0127. The van der Waals surface area contributed by atoms with Gasteiger partial charge in [0.15, 0.2) is 12.4 Å². The van der Waals surface area contributed by atoms with E-state index < -0.39 is 113 Å². The molecular formula is C80H100N14O19P2S2+2. The minimum atomic E-state index is -5.21. The number of pyridine rings is 2. The number of fused-ring (bicyclic) bond motifs is 4. The van der Waals surface area contributed by atoms with Crippen molar-refractivity contribution >= 4 is 132 Å². The summed E-state index contributed by atoms with van der Waals surface area (Å²) in [5.41, 5.74) is 6.12. The van der Waals surface area contributed by atoms with Crippen LogP contribution in [0.1, 0.15) is 51.7 Å². The minimum absolute atomic E-state index is 0.0953. The minimum Gasteiger partial charge on any atom is -0.376 e. The first kappa shape index (κ1) is 87.1. The lowest BCUT2D eigenvalue weighted by Crippen LogP contribution is -2.57. The van der Waals surface area contributed by atoms with Crippen molar-refractivity contribution in [2.75, 3.05) is 116 Å². The van der Waals surface area contributed by atoms with Crippen LogP contribution in [0, 0.1) is 11.8 Å². The third kappa shape index (κ3) is 23.2. The van der Waals surface area contributed by atoms with Crippen LogP contribution in [-0.2, 0) is 84.3 Å². The Morgan fingerprint density at radius 3 is 1.43 bits per heavy atom. The number of nitrogens with zero attached hydrogens (tertiary/aromatic N) is 8. The van der Waals surface area contributed by atoms with E-state index in [2.05, 4.69) is 89.6 Å². The predicted molar refractivity (Wildman–Crippen MR) is 437 cm³/mol. The van der Waals surface area contributed by atoms with Gasteiger partial charge < -0.3 is 64.9 Å². The fourth-order valence-electron chi connectivity index (χ4n) is 14.1. The molecule has 624 valence electrons. The fraction of sp³-hybridized carbons (Fsp3) is 0.425. The third-order valence-electron chi connectivity index (χ3n) is 20.1. The number of likely N-dealkylation sites (N-methyl/N-ethyl adjacent to an activating group) is 2. The van der Waals surface area contributed by atoms with Gasteiger partial charge in [-0.1, -0.05) is 84.2 Å². The summed E-state index contributed by atoms with van der Waals surface area (Å²) >= 11 is 3.22. The summed E-state index contributed by atoms with van der Waals surface area (Å²) in [5, 5.41) is 20.2. The average Bonchev–Trinajstić information content (AvgIpc) is 1.69. The molecule has 0 aliphatic carbocycles. The van der Waals surface area contributed by atoms with Gasteiger partial charge in [0.25, 0.3) is 0 Å². The predicted octanol–water partition coefficient (Wildman–Crippen LogP) is 6.01. The summed E-state index contributed by atoms with van der Waals surface area (Å²) in [7, 11) is -2.39. The second-order valence-electron chi connectivity index (χ2n) is 29.6. The molecule has 2 aromatic heterocycles. The van der Waals surface area contributed by atoms with E-state index in [9.17, 15) is 57.3 Å². The Labute approximate surface area is 686 Å². The van der Waals surface area contributed by atoms with Crippen molar-refractivity contribution in [1.82, 2.24) is 51.5 Å². The molecule has 0 radical (unpaired) electrons. The summed E-state index contributed by atoms with van der Waals surface area (Å²) in [4.78, 5) is 141. The molecule has 0 bridgehead atoms. The molecule has 33 nitrogen and oxygen atoms in total. The van der Waals surface area contributed by atoms with Crippen LogP contribution in [0.3, 0.4) is 0 Å². The number of amides is 10. The zero-order chi connectivity index (χ0) is 83.2. The Balaban J connectivity index is 0.585. The number of aromatic nitrogens is 2. The number of carbonyl (C=O) groups excluding carboxylic acids is 8. The fourth-order valence-corrected chi connectivity index (χ4v) is 18.4. The number of aryl methyl sites for hydroxylation is 2. The van der Waals surface area contributed by atoms with E-state index in [1.54, 1.807) is 37.4 Å². The highest BCUT2D eigenvalue weighted by Crippen LogP contribution is 2.52. The molecule has 6 aliphatic rings. The SMILES string of the molecule is CC(C)OCC1OC(N2CC(/C=C/C(=O)NCCN(C)CCNC(=O)CN3/C(=C/c4cc[n+](C)c5ccccc45)Sc4ccccc43)C(=O)NC2=O)CC1OP(=O)(O)OCC1OC(N2CC(/C=C/C(=O)NCCN(C)CCNC(=O)CN3/C(=C/c4cc[n+](C)c5ccccc45)Sc4ccccc43)C(=O)NC2=O)CC1OP(=O)(O)OC(C)C. The van der Waals surface area contributed by atoms with Crippen LogP contribution in [-0.4, -0.2) is 232 Å². The molecule has 10 atom stereocenters. The monoisotopic (exact) mass is 1690 g/mol. The lowest BCUT2D eigenvalue weighted by atomic mass is 10.0. The highest BCUT2D eigenvalue weighted by atomic mass is 32.2. The summed E-state index contributed by atoms with van der Waals surface area (Å²) in [5.74, 6) is -4.96. The van der Waals surface area contributed by atoms with Crippen LogP contribution < -0.4 is 50.8 Å². The largest absolute Gasteiger partial charge is 0.472 e. The van der Waals surface area contributed by atoms with Crippen LogP contribution in [0.25, 0.3) is 34.0 Å². The third-order valence-corrected chi connectivity index (χ3v) is 24.6. The van der Waals surface area contributed by atoms with Crippen molar-refractivity contribution in [2.45, 2.75) is 99.4 Å². The molecule has 4 fully saturated rings. The van der Waals surface area contributed by atoms with Gasteiger partial charge in [-0.05, 0) is 114 Å². The van der Waals surface area contributed by atoms with Gasteiger partial charge in [0.1, 0.15) is 64.1 Å². The topological polar surface area (TPSA) is 375 Å². The van der Waals surface area contributed by atoms with Crippen molar-refractivity contribution in [3.05, 3.63) is 167 Å². The normalized spacial score (nSPS) is 22.6. The Hall–Kier alpha value is -9.26. The van der Waals surface area contributed by atoms with Gasteiger partial charge in [0.05, 0.1) is 69.5 Å². The lowest BCUT2D eigenvalue weighted by molar-refractivity contribution is -0.645. The summed E-state index contributed by atoms with van der Waals surface area (Å²) in [6.07, 6.45) is 3.68. The molecule has 6 aliphatic heterocycles. The summed E-state index contributed by atoms with van der Waals surface area (Å²) in [6.45, 7) is 7.85. The van der Waals surface area contributed by atoms with E-state index in [-0.39, 0.29) is 76.6 Å². The standard InChI is InChI=1S/C80H98N14O19P2S2/c1-51(2)107-49-65-63(43-73(109-65)93-45-55(77(99)85-79(93)101)25-27-69(95)81-31-37-87(5)39-33-83-71(97)47-91-61-21-13-15-23-67(61)116-75(91)41-53-29-35-89(7)59-19-11-9-17-57(53)59)112-114(103,104)108-50-66-64(113-115(105,106)111-52(3)4)44-74(110-66)94-46-56(78(100)86-80(94)102)26-28-70(96)82-32-38-88(6)40-34-84-72(98)48-92-62-22-14-16-24-68(62)117-76(92)42-54-30-36-90(8)60-20-12-10-18-58(54)60/h9-30,35-36,41-42,51-52,55-56,63-66,73-74H,31-34,37-40,43-50H2,1-8H3,(H6-2,81,82,83,84,85,86,95,96,97,98,99,100,101,102,103,104,105,106)/p+2/b27-25+,28-26+. The lowest BCUT2D eigenvalue weighted by Gasteiger charge is -2.34.